The van der Waals surface area contributed by atoms with E-state index >= 15 is 0 Å². The second kappa shape index (κ2) is 11.2. The Morgan fingerprint density at radius 1 is 1.14 bits per heavy atom. The van der Waals surface area contributed by atoms with E-state index < -0.39 is 0 Å². The van der Waals surface area contributed by atoms with Gasteiger partial charge in [0.1, 0.15) is 5.75 Å². The van der Waals surface area contributed by atoms with Crippen molar-refractivity contribution in [3.8, 4) is 17.0 Å². The van der Waals surface area contributed by atoms with Gasteiger partial charge >= 0.3 is 0 Å². The summed E-state index contributed by atoms with van der Waals surface area (Å²) in [6, 6.07) is 13.7. The first-order valence-corrected chi connectivity index (χ1v) is 13.9. The van der Waals surface area contributed by atoms with Crippen LogP contribution in [0.1, 0.15) is 51.3 Å². The molecule has 0 radical (unpaired) electrons. The predicted molar refractivity (Wildman–Crippen MR) is 161 cm³/mol. The van der Waals surface area contributed by atoms with Gasteiger partial charge in [-0.1, -0.05) is 58.5 Å². The molecule has 0 atom stereocenters. The number of fused-ring (bicyclic) bond motifs is 1. The molecule has 2 aromatic carbocycles. The second-order valence-electron chi connectivity index (χ2n) is 11.5. The zero-order valence-corrected chi connectivity index (χ0v) is 23.8. The number of nitrogens with zero attached hydrogens (tertiary/aromatic N) is 2. The predicted octanol–water partition coefficient (Wildman–Crippen LogP) is 7.20. The van der Waals surface area contributed by atoms with Crippen molar-refractivity contribution < 1.29 is 4.74 Å². The van der Waals surface area contributed by atoms with E-state index in [9.17, 15) is 0 Å². The van der Waals surface area contributed by atoms with E-state index in [0.717, 1.165) is 38.3 Å². The zero-order valence-electron chi connectivity index (χ0n) is 23.8. The number of aryl methyl sites for hydroxylation is 1. The maximum absolute atomic E-state index is 6.30. The van der Waals surface area contributed by atoms with Crippen LogP contribution in [0.15, 0.2) is 61.4 Å². The fourth-order valence-corrected chi connectivity index (χ4v) is 5.60. The van der Waals surface area contributed by atoms with Gasteiger partial charge in [0, 0.05) is 42.3 Å². The van der Waals surface area contributed by atoms with Gasteiger partial charge in [-0.25, -0.2) is 0 Å². The molecule has 1 fully saturated rings. The first-order chi connectivity index (χ1) is 17.7. The van der Waals surface area contributed by atoms with Gasteiger partial charge in [-0.3, -0.25) is 0 Å². The SMILES string of the molecule is C=CB1CCN(Cc2cccc3cc(-c4cc(C(C)(C)C)cc(OC(=C)NCC)c4CC)n(C)c23)CC1. The summed E-state index contributed by atoms with van der Waals surface area (Å²) < 4.78 is 8.70. The number of aromatic nitrogens is 1. The Kier molecular flexibility index (Phi) is 8.23. The topological polar surface area (TPSA) is 29.4 Å². The van der Waals surface area contributed by atoms with E-state index in [4.69, 9.17) is 4.74 Å². The fraction of sp³-hybridized carbons (Fsp3) is 0.438. The molecule has 0 amide bonds. The number of hydrogen-bond donors (Lipinski definition) is 1. The molecule has 4 nitrogen and oxygen atoms in total. The lowest BCUT2D eigenvalue weighted by Crippen LogP contribution is -2.35. The van der Waals surface area contributed by atoms with E-state index in [1.165, 1.54) is 51.5 Å². The molecule has 1 aliphatic rings. The van der Waals surface area contributed by atoms with Gasteiger partial charge < -0.3 is 19.5 Å². The largest absolute Gasteiger partial charge is 0.442 e. The Bertz CT molecular complexity index is 1280. The highest BCUT2D eigenvalue weighted by Gasteiger charge is 2.24. The van der Waals surface area contributed by atoms with Crippen LogP contribution in [0.25, 0.3) is 22.2 Å². The third-order valence-corrected chi connectivity index (χ3v) is 7.81. The minimum atomic E-state index is -0.00798. The lowest BCUT2D eigenvalue weighted by molar-refractivity contribution is 0.285. The van der Waals surface area contributed by atoms with E-state index in [2.05, 4.69) is 112 Å². The molecule has 4 rings (SSSR count). The van der Waals surface area contributed by atoms with Crippen LogP contribution in [0.4, 0.5) is 0 Å². The van der Waals surface area contributed by atoms with E-state index in [1.54, 1.807) is 0 Å². The molecule has 0 saturated carbocycles. The fourth-order valence-electron chi connectivity index (χ4n) is 5.60. The van der Waals surface area contributed by atoms with E-state index in [0.29, 0.717) is 12.6 Å². The van der Waals surface area contributed by atoms with Crippen molar-refractivity contribution in [1.29, 1.82) is 0 Å². The quantitative estimate of drug-likeness (QED) is 0.250. The maximum atomic E-state index is 6.30. The van der Waals surface area contributed by atoms with Crippen molar-refractivity contribution in [3.05, 3.63) is 78.1 Å². The third kappa shape index (κ3) is 5.82. The molecule has 0 spiro atoms. The molecule has 0 bridgehead atoms. The lowest BCUT2D eigenvalue weighted by atomic mass is 9.44. The minimum absolute atomic E-state index is 0.00798. The Morgan fingerprint density at radius 2 is 1.86 bits per heavy atom. The summed E-state index contributed by atoms with van der Waals surface area (Å²) in [6.07, 6.45) is 3.29. The van der Waals surface area contributed by atoms with Gasteiger partial charge in [0.05, 0.1) is 5.52 Å². The van der Waals surface area contributed by atoms with Gasteiger partial charge in [0.25, 0.3) is 0 Å². The average molecular weight is 498 g/mol. The van der Waals surface area contributed by atoms with Crippen LogP contribution in [-0.2, 0) is 25.4 Å². The number of rotatable bonds is 9. The Labute approximate surface area is 224 Å². The molecule has 1 aliphatic heterocycles. The summed E-state index contributed by atoms with van der Waals surface area (Å²) in [6.45, 7) is 23.8. The smallest absolute Gasteiger partial charge is 0.186 e. The van der Waals surface area contributed by atoms with Crippen LogP contribution >= 0.6 is 0 Å². The number of benzene rings is 2. The molecular weight excluding hydrogens is 453 g/mol. The molecule has 5 heteroatoms. The molecule has 37 heavy (non-hydrogen) atoms. The van der Waals surface area contributed by atoms with Gasteiger partial charge in [-0.15, -0.1) is 12.6 Å². The minimum Gasteiger partial charge on any atom is -0.442 e. The van der Waals surface area contributed by atoms with Gasteiger partial charge in [0.2, 0.25) is 0 Å². The summed E-state index contributed by atoms with van der Waals surface area (Å²) in [4.78, 5) is 2.59. The van der Waals surface area contributed by atoms with Gasteiger partial charge in [-0.2, -0.15) is 0 Å². The van der Waals surface area contributed by atoms with Gasteiger partial charge in [0.15, 0.2) is 12.6 Å². The second-order valence-corrected chi connectivity index (χ2v) is 11.5. The molecule has 0 aliphatic carbocycles. The molecule has 196 valence electrons. The standard InChI is InChI=1S/C32H44BN3O/c1-9-27-28(20-26(32(5,6)7)21-30(27)37-23(4)34-11-3)29-19-24-13-12-14-25(31(24)35(29)8)22-36-17-15-33(10-2)16-18-36/h10,12-14,19-21,34H,2,4,9,11,15-18,22H2,1,3,5-8H3. The average Bonchev–Trinajstić information content (AvgIpc) is 3.20. The van der Waals surface area contributed by atoms with Gasteiger partial charge in [-0.05, 0) is 67.8 Å². The van der Waals surface area contributed by atoms with E-state index in [-0.39, 0.29) is 5.41 Å². The number of para-hydroxylation sites is 1. The molecule has 1 saturated heterocycles. The summed E-state index contributed by atoms with van der Waals surface area (Å²) in [5.74, 6) is 3.62. The van der Waals surface area contributed by atoms with Crippen molar-refractivity contribution in [1.82, 2.24) is 14.8 Å². The Morgan fingerprint density at radius 3 is 2.49 bits per heavy atom. The van der Waals surface area contributed by atoms with Crippen LogP contribution in [0.5, 0.6) is 5.75 Å². The van der Waals surface area contributed by atoms with Crippen LogP contribution in [0.3, 0.4) is 0 Å². The normalized spacial score (nSPS) is 14.7. The first-order valence-electron chi connectivity index (χ1n) is 13.9. The van der Waals surface area contributed by atoms with E-state index in [1.807, 2.05) is 0 Å². The van der Waals surface area contributed by atoms with Crippen LogP contribution in [0.2, 0.25) is 12.6 Å². The number of nitrogens with one attached hydrogen (secondary N) is 1. The van der Waals surface area contributed by atoms with Crippen LogP contribution in [0, 0.1) is 0 Å². The van der Waals surface area contributed by atoms with Crippen molar-refractivity contribution in [2.75, 3.05) is 19.6 Å². The van der Waals surface area contributed by atoms with Crippen molar-refractivity contribution >= 4 is 17.6 Å². The molecular formula is C32H44BN3O. The maximum Gasteiger partial charge on any atom is 0.186 e. The van der Waals surface area contributed by atoms with Crippen molar-refractivity contribution in [3.63, 3.8) is 0 Å². The lowest BCUT2D eigenvalue weighted by Gasteiger charge is -2.29. The summed E-state index contributed by atoms with van der Waals surface area (Å²) in [7, 11) is 2.21. The van der Waals surface area contributed by atoms with Crippen molar-refractivity contribution in [2.24, 2.45) is 7.05 Å². The highest BCUT2D eigenvalue weighted by molar-refractivity contribution is 6.64. The first kappa shape index (κ1) is 27.1. The van der Waals surface area contributed by atoms with Crippen LogP contribution in [-0.4, -0.2) is 35.8 Å². The molecule has 2 heterocycles. The highest BCUT2D eigenvalue weighted by Crippen LogP contribution is 2.40. The summed E-state index contributed by atoms with van der Waals surface area (Å²) in [5, 5.41) is 4.51. The van der Waals surface area contributed by atoms with Crippen molar-refractivity contribution in [2.45, 2.75) is 65.6 Å². The Hall–Kier alpha value is -2.92. The summed E-state index contributed by atoms with van der Waals surface area (Å²) >= 11 is 0. The Balaban J connectivity index is 1.80. The number of hydrogen-bond acceptors (Lipinski definition) is 3. The molecule has 1 N–H and O–H groups in total. The molecule has 0 unspecified atom stereocenters. The third-order valence-electron chi connectivity index (χ3n) is 7.81. The number of ether oxygens (including phenoxy) is 1. The monoisotopic (exact) mass is 497 g/mol. The highest BCUT2D eigenvalue weighted by atomic mass is 16.5. The summed E-state index contributed by atoms with van der Waals surface area (Å²) in [5.41, 5.74) is 7.66. The molecule has 3 aromatic rings. The molecule has 1 aromatic heterocycles. The zero-order chi connectivity index (χ0) is 26.7. The van der Waals surface area contributed by atoms with Crippen LogP contribution < -0.4 is 10.1 Å².